The van der Waals surface area contributed by atoms with Crippen molar-refractivity contribution in [3.05, 3.63) is 29.3 Å². The van der Waals surface area contributed by atoms with E-state index in [-0.39, 0.29) is 12.4 Å². The van der Waals surface area contributed by atoms with Gasteiger partial charge >= 0.3 is 0 Å². The van der Waals surface area contributed by atoms with Crippen LogP contribution in [0.15, 0.2) is 18.2 Å². The molecule has 1 aliphatic rings. The molecule has 0 saturated carbocycles. The molecule has 0 amide bonds. The van der Waals surface area contributed by atoms with Crippen molar-refractivity contribution in [2.45, 2.75) is 32.6 Å². The summed E-state index contributed by atoms with van der Waals surface area (Å²) in [7, 11) is 0. The van der Waals surface area contributed by atoms with Crippen LogP contribution in [0.25, 0.3) is 0 Å². The zero-order chi connectivity index (χ0) is 15.1. The molecule has 0 aromatic heterocycles. The highest BCUT2D eigenvalue weighted by Crippen LogP contribution is 2.24. The quantitative estimate of drug-likeness (QED) is 0.620. The highest BCUT2D eigenvalue weighted by Gasteiger charge is 2.19. The van der Waals surface area contributed by atoms with E-state index in [2.05, 4.69) is 0 Å². The van der Waals surface area contributed by atoms with E-state index in [1.165, 1.54) is 0 Å². The maximum absolute atomic E-state index is 12.5. The van der Waals surface area contributed by atoms with Gasteiger partial charge in [0.1, 0.15) is 5.75 Å². The van der Waals surface area contributed by atoms with Crippen LogP contribution in [0.1, 0.15) is 41.6 Å². The lowest BCUT2D eigenvalue weighted by Crippen LogP contribution is -2.19. The first kappa shape index (κ1) is 16.0. The van der Waals surface area contributed by atoms with Crippen molar-refractivity contribution < 1.29 is 19.4 Å². The van der Waals surface area contributed by atoms with Gasteiger partial charge in [0, 0.05) is 38.2 Å². The van der Waals surface area contributed by atoms with Gasteiger partial charge in [0.05, 0.1) is 6.61 Å². The fourth-order valence-electron chi connectivity index (χ4n) is 2.57. The largest absolute Gasteiger partial charge is 0.493 e. The van der Waals surface area contributed by atoms with Crippen LogP contribution in [-0.2, 0) is 4.74 Å². The molecular formula is C17H24O4. The Balaban J connectivity index is 1.99. The number of Topliss-reactive ketones (excluding diaryl/α,β-unsaturated/α-hetero) is 1. The maximum atomic E-state index is 12.5. The van der Waals surface area contributed by atoms with Gasteiger partial charge in [-0.2, -0.15) is 0 Å². The van der Waals surface area contributed by atoms with Crippen molar-refractivity contribution in [1.82, 2.24) is 0 Å². The number of hydrogen-bond donors (Lipinski definition) is 1. The second-order valence-corrected chi connectivity index (χ2v) is 5.59. The zero-order valence-electron chi connectivity index (χ0n) is 12.6. The number of carbonyl (C=O) groups is 1. The van der Waals surface area contributed by atoms with E-state index in [1.807, 2.05) is 25.1 Å². The smallest absolute Gasteiger partial charge is 0.163 e. The lowest BCUT2D eigenvalue weighted by Gasteiger charge is -2.21. The molecule has 1 heterocycles. The standard InChI is InChI=1S/C17H24O4/c1-13-3-4-15(21-8-2-7-18)12-16(13)17(19)11-14-5-9-20-10-6-14/h3-4,12,14,18H,2,5-11H2,1H3. The van der Waals surface area contributed by atoms with Gasteiger partial charge in [-0.3, -0.25) is 4.79 Å². The monoisotopic (exact) mass is 292 g/mol. The lowest BCUT2D eigenvalue weighted by molar-refractivity contribution is 0.0600. The third kappa shape index (κ3) is 4.83. The van der Waals surface area contributed by atoms with E-state index >= 15 is 0 Å². The van der Waals surface area contributed by atoms with Crippen LogP contribution in [0.2, 0.25) is 0 Å². The first-order chi connectivity index (χ1) is 10.2. The van der Waals surface area contributed by atoms with Gasteiger partial charge in [0.25, 0.3) is 0 Å². The lowest BCUT2D eigenvalue weighted by atomic mass is 9.90. The molecule has 1 aromatic rings. The van der Waals surface area contributed by atoms with Gasteiger partial charge in [0.2, 0.25) is 0 Å². The van der Waals surface area contributed by atoms with Crippen LogP contribution >= 0.6 is 0 Å². The summed E-state index contributed by atoms with van der Waals surface area (Å²) in [5, 5.41) is 8.77. The van der Waals surface area contributed by atoms with Crippen molar-refractivity contribution in [2.75, 3.05) is 26.4 Å². The predicted octanol–water partition coefficient (Wildman–Crippen LogP) is 2.76. The Labute approximate surface area is 126 Å². The second-order valence-electron chi connectivity index (χ2n) is 5.59. The van der Waals surface area contributed by atoms with Crippen LogP contribution in [-0.4, -0.2) is 37.3 Å². The minimum atomic E-state index is 0.113. The topological polar surface area (TPSA) is 55.8 Å². The van der Waals surface area contributed by atoms with Crippen molar-refractivity contribution in [1.29, 1.82) is 0 Å². The number of hydrogen-bond acceptors (Lipinski definition) is 4. The van der Waals surface area contributed by atoms with Gasteiger partial charge in [-0.1, -0.05) is 6.07 Å². The van der Waals surface area contributed by atoms with Gasteiger partial charge in [-0.05, 0) is 43.4 Å². The molecule has 1 fully saturated rings. The van der Waals surface area contributed by atoms with Crippen LogP contribution in [0.4, 0.5) is 0 Å². The van der Waals surface area contributed by atoms with Crippen molar-refractivity contribution in [3.63, 3.8) is 0 Å². The number of benzene rings is 1. The van der Waals surface area contributed by atoms with Crippen LogP contribution in [0.3, 0.4) is 0 Å². The van der Waals surface area contributed by atoms with E-state index in [1.54, 1.807) is 0 Å². The van der Waals surface area contributed by atoms with Crippen molar-refractivity contribution >= 4 is 5.78 Å². The van der Waals surface area contributed by atoms with E-state index in [0.717, 1.165) is 37.2 Å². The average molecular weight is 292 g/mol. The van der Waals surface area contributed by atoms with Crippen LogP contribution in [0, 0.1) is 12.8 Å². The van der Waals surface area contributed by atoms with Gasteiger partial charge in [-0.25, -0.2) is 0 Å². The molecule has 0 radical (unpaired) electrons. The molecule has 1 saturated heterocycles. The van der Waals surface area contributed by atoms with Gasteiger partial charge < -0.3 is 14.6 Å². The Hall–Kier alpha value is -1.39. The molecule has 2 rings (SSSR count). The average Bonchev–Trinajstić information content (AvgIpc) is 2.50. The number of ketones is 1. The summed E-state index contributed by atoms with van der Waals surface area (Å²) < 4.78 is 10.9. The number of ether oxygens (including phenoxy) is 2. The van der Waals surface area contributed by atoms with Crippen LogP contribution in [0.5, 0.6) is 5.75 Å². The molecular weight excluding hydrogens is 268 g/mol. The molecule has 0 bridgehead atoms. The summed E-state index contributed by atoms with van der Waals surface area (Å²) in [4.78, 5) is 12.5. The highest BCUT2D eigenvalue weighted by atomic mass is 16.5. The molecule has 116 valence electrons. The second kappa shape index (κ2) is 8.15. The zero-order valence-corrected chi connectivity index (χ0v) is 12.6. The summed E-state index contributed by atoms with van der Waals surface area (Å²) in [5.74, 6) is 1.32. The minimum absolute atomic E-state index is 0.113. The molecule has 1 aromatic carbocycles. The Kier molecular flexibility index (Phi) is 6.21. The number of aliphatic hydroxyl groups is 1. The van der Waals surface area contributed by atoms with E-state index < -0.39 is 0 Å². The Morgan fingerprint density at radius 2 is 2.14 bits per heavy atom. The predicted molar refractivity (Wildman–Crippen MR) is 80.9 cm³/mol. The van der Waals surface area contributed by atoms with Crippen molar-refractivity contribution in [3.8, 4) is 5.75 Å². The normalized spacial score (nSPS) is 15.9. The molecule has 21 heavy (non-hydrogen) atoms. The van der Waals surface area contributed by atoms with Gasteiger partial charge in [0.15, 0.2) is 5.78 Å². The van der Waals surface area contributed by atoms with Crippen LogP contribution < -0.4 is 4.74 Å². The molecule has 0 atom stereocenters. The molecule has 4 heteroatoms. The molecule has 0 aliphatic carbocycles. The Morgan fingerprint density at radius 1 is 1.38 bits per heavy atom. The Morgan fingerprint density at radius 3 is 2.86 bits per heavy atom. The molecule has 1 aliphatic heterocycles. The van der Waals surface area contributed by atoms with Crippen molar-refractivity contribution in [2.24, 2.45) is 5.92 Å². The fraction of sp³-hybridized carbons (Fsp3) is 0.588. The molecule has 0 spiro atoms. The third-order valence-corrected chi connectivity index (χ3v) is 3.90. The summed E-state index contributed by atoms with van der Waals surface area (Å²) in [6, 6.07) is 5.62. The summed E-state index contributed by atoms with van der Waals surface area (Å²) in [5.41, 5.74) is 1.74. The summed E-state index contributed by atoms with van der Waals surface area (Å²) >= 11 is 0. The number of aliphatic hydroxyl groups excluding tert-OH is 1. The first-order valence-electron chi connectivity index (χ1n) is 7.66. The molecule has 0 unspecified atom stereocenters. The minimum Gasteiger partial charge on any atom is -0.493 e. The SMILES string of the molecule is Cc1ccc(OCCCO)cc1C(=O)CC1CCOCC1. The first-order valence-corrected chi connectivity index (χ1v) is 7.66. The Bertz CT molecular complexity index is 464. The summed E-state index contributed by atoms with van der Waals surface area (Å²) in [6.07, 6.45) is 3.12. The third-order valence-electron chi connectivity index (χ3n) is 3.90. The van der Waals surface area contributed by atoms with E-state index in [4.69, 9.17) is 14.6 Å². The fourth-order valence-corrected chi connectivity index (χ4v) is 2.57. The van der Waals surface area contributed by atoms with Gasteiger partial charge in [-0.15, -0.1) is 0 Å². The number of rotatable bonds is 7. The maximum Gasteiger partial charge on any atom is 0.163 e. The summed E-state index contributed by atoms with van der Waals surface area (Å²) in [6.45, 7) is 4.06. The van der Waals surface area contributed by atoms with E-state index in [9.17, 15) is 4.79 Å². The van der Waals surface area contributed by atoms with E-state index in [0.29, 0.717) is 31.1 Å². The number of aryl methyl sites for hydroxylation is 1. The number of carbonyl (C=O) groups excluding carboxylic acids is 1. The molecule has 4 nitrogen and oxygen atoms in total. The molecule has 1 N–H and O–H groups in total. The highest BCUT2D eigenvalue weighted by molar-refractivity contribution is 5.97.